The van der Waals surface area contributed by atoms with Gasteiger partial charge in [-0.1, -0.05) is 46.2 Å². The summed E-state index contributed by atoms with van der Waals surface area (Å²) < 4.78 is 15.9. The van der Waals surface area contributed by atoms with Crippen molar-refractivity contribution in [1.29, 1.82) is 0 Å². The summed E-state index contributed by atoms with van der Waals surface area (Å²) in [5.74, 6) is 0.300. The van der Waals surface area contributed by atoms with Gasteiger partial charge in [-0.3, -0.25) is 9.79 Å². The van der Waals surface area contributed by atoms with Crippen LogP contribution in [0.3, 0.4) is 0 Å². The first-order chi connectivity index (χ1) is 8.63. The molecule has 0 heterocycles. The third-order valence-corrected chi connectivity index (χ3v) is 3.38. The van der Waals surface area contributed by atoms with E-state index in [1.165, 1.54) is 0 Å². The van der Waals surface area contributed by atoms with Crippen LogP contribution < -0.4 is 4.52 Å². The summed E-state index contributed by atoms with van der Waals surface area (Å²) in [4.78, 5) is 18.0. The summed E-state index contributed by atoms with van der Waals surface area (Å²) in [6, 6.07) is 5.64. The quantitative estimate of drug-likeness (QED) is 0.647. The molecule has 1 rings (SSSR count). The van der Waals surface area contributed by atoms with Gasteiger partial charge in [0.25, 0.3) is 0 Å². The average molecular weight is 310 g/mol. The molecular formula is C14H24NaO4P. The van der Waals surface area contributed by atoms with Gasteiger partial charge in [0.05, 0.1) is 0 Å². The van der Waals surface area contributed by atoms with E-state index in [-0.39, 0.29) is 35.0 Å². The summed E-state index contributed by atoms with van der Waals surface area (Å²) in [5.41, 5.74) is 1.76. The molecule has 0 atom stereocenters. The van der Waals surface area contributed by atoms with E-state index in [2.05, 4.69) is 27.7 Å². The van der Waals surface area contributed by atoms with Crippen LogP contribution in [0.4, 0.5) is 0 Å². The summed E-state index contributed by atoms with van der Waals surface area (Å²) in [5, 5.41) is 0. The molecule has 0 aliphatic carbocycles. The number of aryl methyl sites for hydroxylation is 1. The molecule has 0 saturated carbocycles. The van der Waals surface area contributed by atoms with E-state index in [4.69, 9.17) is 14.3 Å². The van der Waals surface area contributed by atoms with Gasteiger partial charge in [0.1, 0.15) is 5.75 Å². The zero-order chi connectivity index (χ0) is 14.7. The topological polar surface area (TPSA) is 66.8 Å². The molecule has 1 aromatic carbocycles. The van der Waals surface area contributed by atoms with Crippen molar-refractivity contribution >= 4 is 37.4 Å². The second-order valence-electron chi connectivity index (χ2n) is 5.76. The second-order valence-corrected chi connectivity index (χ2v) is 6.92. The summed E-state index contributed by atoms with van der Waals surface area (Å²) in [6.07, 6.45) is 2.75. The number of benzene rings is 1. The van der Waals surface area contributed by atoms with Crippen LogP contribution >= 0.6 is 7.82 Å². The van der Waals surface area contributed by atoms with Crippen LogP contribution in [0.2, 0.25) is 0 Å². The molecule has 0 saturated heterocycles. The molecular weight excluding hydrogens is 286 g/mol. The maximum atomic E-state index is 11.1. The van der Waals surface area contributed by atoms with E-state index in [0.29, 0.717) is 5.75 Å². The molecule has 20 heavy (non-hydrogen) atoms. The summed E-state index contributed by atoms with van der Waals surface area (Å²) in [7, 11) is -4.52. The minimum absolute atomic E-state index is 0. The Morgan fingerprint density at radius 2 is 1.85 bits per heavy atom. The number of phosphoric ester groups is 1. The Kier molecular flexibility index (Phi) is 8.04. The average Bonchev–Trinajstić information content (AvgIpc) is 2.24. The normalized spacial score (nSPS) is 11.9. The molecule has 4 nitrogen and oxygen atoms in total. The number of rotatable bonds is 5. The Balaban J connectivity index is 0.00000361. The van der Waals surface area contributed by atoms with Crippen LogP contribution in [-0.4, -0.2) is 39.3 Å². The fourth-order valence-electron chi connectivity index (χ4n) is 1.81. The molecule has 0 spiro atoms. The van der Waals surface area contributed by atoms with Crippen molar-refractivity contribution in [2.24, 2.45) is 0 Å². The predicted octanol–water partition coefficient (Wildman–Crippen LogP) is 3.15. The minimum atomic E-state index is -4.52. The van der Waals surface area contributed by atoms with Gasteiger partial charge >= 0.3 is 37.4 Å². The Morgan fingerprint density at radius 1 is 1.25 bits per heavy atom. The van der Waals surface area contributed by atoms with Gasteiger partial charge in [-0.25, -0.2) is 4.57 Å². The number of hydrogen-bond acceptors (Lipinski definition) is 2. The molecule has 1 aromatic rings. The molecule has 0 aromatic heterocycles. The van der Waals surface area contributed by atoms with Crippen LogP contribution in [-0.2, 0) is 16.4 Å². The Morgan fingerprint density at radius 3 is 2.30 bits per heavy atom. The Bertz CT molecular complexity index is 477. The fourth-order valence-corrected chi connectivity index (χ4v) is 2.23. The van der Waals surface area contributed by atoms with Crippen molar-refractivity contribution in [3.63, 3.8) is 0 Å². The number of phosphoric acid groups is 1. The zero-order valence-electron chi connectivity index (χ0n) is 12.0. The molecule has 0 radical (unpaired) electrons. The molecule has 0 unspecified atom stereocenters. The summed E-state index contributed by atoms with van der Waals surface area (Å²) in [6.45, 7) is 8.23. The summed E-state index contributed by atoms with van der Waals surface area (Å²) >= 11 is 0. The van der Waals surface area contributed by atoms with E-state index in [9.17, 15) is 4.57 Å². The van der Waals surface area contributed by atoms with Crippen molar-refractivity contribution in [2.45, 2.75) is 52.4 Å². The Hall–Kier alpha value is 0.170. The van der Waals surface area contributed by atoms with Gasteiger partial charge in [0, 0.05) is 0 Å². The molecule has 2 N–H and O–H groups in total. The van der Waals surface area contributed by atoms with Gasteiger partial charge in [0.2, 0.25) is 0 Å². The van der Waals surface area contributed by atoms with Crippen molar-refractivity contribution in [3.8, 4) is 5.75 Å². The van der Waals surface area contributed by atoms with Crippen LogP contribution in [0, 0.1) is 0 Å². The zero-order valence-corrected chi connectivity index (χ0v) is 12.9. The fraction of sp³-hybridized carbons (Fsp3) is 0.571. The third kappa shape index (κ3) is 6.75. The van der Waals surface area contributed by atoms with Crippen LogP contribution in [0.15, 0.2) is 18.2 Å². The Labute approximate surface area is 143 Å². The number of unbranched alkanes of at least 4 members (excludes halogenated alkanes) is 1. The molecule has 6 heteroatoms. The molecule has 0 aliphatic heterocycles. The van der Waals surface area contributed by atoms with Gasteiger partial charge in [-0.15, -0.1) is 0 Å². The van der Waals surface area contributed by atoms with E-state index in [0.717, 1.165) is 30.4 Å². The first kappa shape index (κ1) is 20.2. The van der Waals surface area contributed by atoms with E-state index >= 15 is 0 Å². The third-order valence-electron chi connectivity index (χ3n) is 2.95. The first-order valence-electron chi connectivity index (χ1n) is 6.52. The van der Waals surface area contributed by atoms with Crippen LogP contribution in [0.25, 0.3) is 0 Å². The van der Waals surface area contributed by atoms with Crippen LogP contribution in [0.1, 0.15) is 51.7 Å². The van der Waals surface area contributed by atoms with E-state index in [1.807, 2.05) is 12.1 Å². The van der Waals surface area contributed by atoms with Crippen molar-refractivity contribution in [2.75, 3.05) is 0 Å². The SMILES string of the molecule is CCCCc1ccc(C(C)(C)C)cc1OP(=O)(O)O.[NaH]. The van der Waals surface area contributed by atoms with E-state index in [1.54, 1.807) is 6.07 Å². The molecule has 110 valence electrons. The van der Waals surface area contributed by atoms with Gasteiger partial charge in [-0.2, -0.15) is 0 Å². The van der Waals surface area contributed by atoms with Gasteiger partial charge in [-0.05, 0) is 35.4 Å². The van der Waals surface area contributed by atoms with Gasteiger partial charge in [0.15, 0.2) is 0 Å². The standard InChI is InChI=1S/C14H23O4P.Na.H/c1-5-6-7-11-8-9-12(14(2,3)4)10-13(11)18-19(15,16)17;;/h8-10H,5-7H2,1-4H3,(H2,15,16,17);;. The van der Waals surface area contributed by atoms with Crippen molar-refractivity contribution in [1.82, 2.24) is 0 Å². The first-order valence-corrected chi connectivity index (χ1v) is 8.05. The number of hydrogen-bond donors (Lipinski definition) is 2. The molecule has 0 amide bonds. The molecule has 0 fully saturated rings. The maximum absolute atomic E-state index is 11.1. The van der Waals surface area contributed by atoms with Gasteiger partial charge < -0.3 is 4.52 Å². The van der Waals surface area contributed by atoms with Crippen LogP contribution in [0.5, 0.6) is 5.75 Å². The molecule has 0 bridgehead atoms. The molecule has 0 aliphatic rings. The van der Waals surface area contributed by atoms with Crippen molar-refractivity contribution in [3.05, 3.63) is 29.3 Å². The monoisotopic (exact) mass is 310 g/mol. The second kappa shape index (κ2) is 7.98. The van der Waals surface area contributed by atoms with E-state index < -0.39 is 7.82 Å². The van der Waals surface area contributed by atoms with Crippen molar-refractivity contribution < 1.29 is 18.9 Å². The predicted molar refractivity (Wildman–Crippen MR) is 83.6 cm³/mol.